The molecule has 96 valence electrons. The second kappa shape index (κ2) is 4.38. The third-order valence-corrected chi connectivity index (χ3v) is 5.03. The van der Waals surface area contributed by atoms with Gasteiger partial charge in [-0.05, 0) is 24.1 Å². The van der Waals surface area contributed by atoms with Crippen LogP contribution in [0, 0.1) is 0 Å². The largest absolute Gasteiger partial charge is 0.265 e. The minimum absolute atomic E-state index is 0.310. The molecular weight excluding hydrogens is 259 g/mol. The van der Waals surface area contributed by atoms with Crippen LogP contribution in [-0.2, 0) is 16.4 Å². The average molecular weight is 272 g/mol. The molecular formula is C13H13BN2O2S. The molecule has 0 spiro atoms. The molecule has 0 unspecified atom stereocenters. The molecule has 19 heavy (non-hydrogen) atoms. The fourth-order valence-corrected chi connectivity index (χ4v) is 3.79. The van der Waals surface area contributed by atoms with Gasteiger partial charge in [0, 0.05) is 12.7 Å². The van der Waals surface area contributed by atoms with Gasteiger partial charge in [-0.1, -0.05) is 29.7 Å². The Balaban J connectivity index is 2.07. The summed E-state index contributed by atoms with van der Waals surface area (Å²) in [5.74, 6) is 0.564. The second-order valence-electron chi connectivity index (χ2n) is 4.64. The van der Waals surface area contributed by atoms with Crippen molar-refractivity contribution in [1.29, 1.82) is 0 Å². The van der Waals surface area contributed by atoms with Gasteiger partial charge in [0.05, 0.1) is 4.90 Å². The van der Waals surface area contributed by atoms with Crippen LogP contribution in [0.1, 0.15) is 5.56 Å². The van der Waals surface area contributed by atoms with E-state index in [-0.39, 0.29) is 0 Å². The summed E-state index contributed by atoms with van der Waals surface area (Å²) < 4.78 is 26.5. The van der Waals surface area contributed by atoms with E-state index in [1.807, 2.05) is 13.9 Å². The highest BCUT2D eigenvalue weighted by Crippen LogP contribution is 2.29. The summed E-state index contributed by atoms with van der Waals surface area (Å²) >= 11 is 0. The van der Waals surface area contributed by atoms with Gasteiger partial charge in [-0.3, -0.25) is 0 Å². The van der Waals surface area contributed by atoms with Crippen LogP contribution < -0.4 is 9.77 Å². The number of aromatic nitrogens is 1. The highest BCUT2D eigenvalue weighted by atomic mass is 32.2. The predicted octanol–water partition coefficient (Wildman–Crippen LogP) is 0.0914. The van der Waals surface area contributed by atoms with E-state index < -0.39 is 10.0 Å². The standard InChI is InChI=1S/C13H13BN2O2S/c14-11-8-10-6-7-16(13(10)15-9-11)19(17,18)12-4-2-1-3-5-12/h1-5,8-9H,6-7,14H2. The summed E-state index contributed by atoms with van der Waals surface area (Å²) in [5.41, 5.74) is 2.05. The molecule has 0 aliphatic carbocycles. The number of nitrogens with zero attached hydrogens (tertiary/aromatic N) is 2. The molecule has 1 aliphatic heterocycles. The Kier molecular flexibility index (Phi) is 2.82. The first-order chi connectivity index (χ1) is 9.09. The van der Waals surface area contributed by atoms with Gasteiger partial charge in [-0.2, -0.15) is 0 Å². The van der Waals surface area contributed by atoms with Gasteiger partial charge in [0.1, 0.15) is 13.7 Å². The van der Waals surface area contributed by atoms with Crippen LogP contribution in [0.5, 0.6) is 0 Å². The zero-order valence-electron chi connectivity index (χ0n) is 10.6. The lowest BCUT2D eigenvalue weighted by Gasteiger charge is -2.18. The van der Waals surface area contributed by atoms with Crippen molar-refractivity contribution in [2.45, 2.75) is 11.3 Å². The van der Waals surface area contributed by atoms with Gasteiger partial charge in [0.2, 0.25) is 0 Å². The molecule has 1 aromatic heterocycles. The lowest BCUT2D eigenvalue weighted by Crippen LogP contribution is -2.29. The molecule has 0 radical (unpaired) electrons. The second-order valence-corrected chi connectivity index (χ2v) is 6.50. The Morgan fingerprint density at radius 1 is 1.21 bits per heavy atom. The van der Waals surface area contributed by atoms with Crippen molar-refractivity contribution in [1.82, 2.24) is 4.98 Å². The van der Waals surface area contributed by atoms with E-state index in [1.54, 1.807) is 36.5 Å². The van der Waals surface area contributed by atoms with Crippen molar-refractivity contribution in [3.63, 3.8) is 0 Å². The van der Waals surface area contributed by atoms with E-state index in [9.17, 15) is 8.42 Å². The number of fused-ring (bicyclic) bond motifs is 1. The number of rotatable bonds is 2. The molecule has 4 nitrogen and oxygen atoms in total. The summed E-state index contributed by atoms with van der Waals surface area (Å²) in [6, 6.07) is 10.5. The number of pyridine rings is 1. The molecule has 0 saturated carbocycles. The first-order valence-corrected chi connectivity index (χ1v) is 7.56. The number of anilines is 1. The zero-order valence-corrected chi connectivity index (χ0v) is 11.4. The Bertz CT molecular complexity index is 717. The predicted molar refractivity (Wildman–Crippen MR) is 77.1 cm³/mol. The molecule has 0 amide bonds. The highest BCUT2D eigenvalue weighted by molar-refractivity contribution is 7.92. The summed E-state index contributed by atoms with van der Waals surface area (Å²) in [7, 11) is -1.53. The number of benzene rings is 1. The Morgan fingerprint density at radius 3 is 2.68 bits per heavy atom. The summed E-state index contributed by atoms with van der Waals surface area (Å²) in [5, 5.41) is 0. The molecule has 2 aromatic rings. The van der Waals surface area contributed by atoms with Crippen molar-refractivity contribution < 1.29 is 8.42 Å². The number of hydrogen-bond donors (Lipinski definition) is 0. The first kappa shape index (κ1) is 12.2. The molecule has 1 aliphatic rings. The smallest absolute Gasteiger partial charge is 0.249 e. The van der Waals surface area contributed by atoms with Crippen molar-refractivity contribution in [2.24, 2.45) is 0 Å². The van der Waals surface area contributed by atoms with Crippen LogP contribution in [0.15, 0.2) is 47.5 Å². The minimum Gasteiger partial charge on any atom is -0.249 e. The van der Waals surface area contributed by atoms with E-state index >= 15 is 0 Å². The lowest BCUT2D eigenvalue weighted by molar-refractivity contribution is 0.592. The summed E-state index contributed by atoms with van der Waals surface area (Å²) in [6.45, 7) is 0.461. The van der Waals surface area contributed by atoms with Crippen LogP contribution in [0.4, 0.5) is 5.82 Å². The van der Waals surface area contributed by atoms with E-state index in [1.165, 1.54) is 4.31 Å². The number of sulfonamides is 1. The van der Waals surface area contributed by atoms with Crippen LogP contribution >= 0.6 is 0 Å². The molecule has 0 fully saturated rings. The van der Waals surface area contributed by atoms with Gasteiger partial charge in [0.25, 0.3) is 10.0 Å². The number of hydrogen-bond acceptors (Lipinski definition) is 3. The van der Waals surface area contributed by atoms with E-state index in [0.717, 1.165) is 17.4 Å². The molecule has 0 bridgehead atoms. The van der Waals surface area contributed by atoms with Crippen LogP contribution in [0.2, 0.25) is 0 Å². The molecule has 0 saturated heterocycles. The molecule has 3 rings (SSSR count). The fourth-order valence-electron chi connectivity index (χ4n) is 2.31. The van der Waals surface area contributed by atoms with Gasteiger partial charge < -0.3 is 0 Å². The minimum atomic E-state index is -3.49. The zero-order chi connectivity index (χ0) is 13.5. The monoisotopic (exact) mass is 272 g/mol. The maximum atomic E-state index is 12.6. The summed E-state index contributed by atoms with van der Waals surface area (Å²) in [6.07, 6.45) is 2.42. The van der Waals surface area contributed by atoms with Crippen molar-refractivity contribution >= 4 is 29.2 Å². The fraction of sp³-hybridized carbons (Fsp3) is 0.154. The molecule has 0 N–H and O–H groups in total. The Hall–Kier alpha value is -1.82. The Labute approximate surface area is 113 Å². The first-order valence-electron chi connectivity index (χ1n) is 6.12. The van der Waals surface area contributed by atoms with Gasteiger partial charge in [-0.15, -0.1) is 0 Å². The van der Waals surface area contributed by atoms with Crippen LogP contribution in [0.3, 0.4) is 0 Å². The van der Waals surface area contributed by atoms with Gasteiger partial charge in [-0.25, -0.2) is 17.7 Å². The van der Waals surface area contributed by atoms with E-state index in [0.29, 0.717) is 17.3 Å². The van der Waals surface area contributed by atoms with Crippen LogP contribution in [-0.4, -0.2) is 27.8 Å². The molecule has 6 heteroatoms. The SMILES string of the molecule is Bc1cnc2c(c1)CCN2S(=O)(=O)c1ccccc1. The third-order valence-electron chi connectivity index (χ3n) is 3.23. The van der Waals surface area contributed by atoms with Crippen molar-refractivity contribution in [3.8, 4) is 0 Å². The van der Waals surface area contributed by atoms with Gasteiger partial charge >= 0.3 is 0 Å². The van der Waals surface area contributed by atoms with Gasteiger partial charge in [0.15, 0.2) is 0 Å². The quantitative estimate of drug-likeness (QED) is 0.728. The summed E-state index contributed by atoms with van der Waals surface area (Å²) in [4.78, 5) is 4.59. The molecule has 2 heterocycles. The highest BCUT2D eigenvalue weighted by Gasteiger charge is 2.31. The Morgan fingerprint density at radius 2 is 1.95 bits per heavy atom. The normalized spacial score (nSPS) is 14.4. The molecule has 1 aromatic carbocycles. The van der Waals surface area contributed by atoms with Crippen molar-refractivity contribution in [3.05, 3.63) is 48.2 Å². The van der Waals surface area contributed by atoms with E-state index in [4.69, 9.17) is 0 Å². The maximum Gasteiger partial charge on any atom is 0.265 e. The van der Waals surface area contributed by atoms with E-state index in [2.05, 4.69) is 4.98 Å². The molecule has 0 atom stereocenters. The van der Waals surface area contributed by atoms with Crippen LogP contribution in [0.25, 0.3) is 0 Å². The third kappa shape index (κ3) is 2.02. The van der Waals surface area contributed by atoms with Crippen molar-refractivity contribution in [2.75, 3.05) is 10.8 Å². The lowest BCUT2D eigenvalue weighted by atomic mass is 9.97. The topological polar surface area (TPSA) is 50.3 Å². The average Bonchev–Trinajstić information content (AvgIpc) is 2.83. The maximum absolute atomic E-state index is 12.6.